The molecule has 0 saturated carbocycles. The van der Waals surface area contributed by atoms with Crippen LogP contribution in [0.4, 0.5) is 10.1 Å². The summed E-state index contributed by atoms with van der Waals surface area (Å²) in [5, 5.41) is 1.36. The van der Waals surface area contributed by atoms with Crippen LogP contribution >= 0.6 is 11.8 Å². The highest BCUT2D eigenvalue weighted by Gasteiger charge is 2.17. The number of rotatable bonds is 5. The molecular formula is C17H14FN3O2S2. The standard InChI is InChI=1S/C17H14FN3O2S2/c1-12-10-13(18)5-6-15(12)25(22,23)21-14-7-9-20-17(11-14)24-16-4-2-3-8-19-16/h2-11H,1H3,(H,20,21). The van der Waals surface area contributed by atoms with Crippen molar-refractivity contribution in [1.82, 2.24) is 9.97 Å². The van der Waals surface area contributed by atoms with Crippen LogP contribution in [0.25, 0.3) is 0 Å². The highest BCUT2D eigenvalue weighted by molar-refractivity contribution is 7.99. The topological polar surface area (TPSA) is 72.0 Å². The van der Waals surface area contributed by atoms with E-state index >= 15 is 0 Å². The first kappa shape index (κ1) is 17.4. The number of pyridine rings is 2. The lowest BCUT2D eigenvalue weighted by Crippen LogP contribution is -2.14. The fraction of sp³-hybridized carbons (Fsp3) is 0.0588. The molecule has 3 aromatic rings. The van der Waals surface area contributed by atoms with Crippen LogP contribution < -0.4 is 4.72 Å². The van der Waals surface area contributed by atoms with Crippen LogP contribution in [0.1, 0.15) is 5.56 Å². The molecule has 0 radical (unpaired) electrons. The van der Waals surface area contributed by atoms with Gasteiger partial charge in [-0.2, -0.15) is 0 Å². The summed E-state index contributed by atoms with van der Waals surface area (Å²) in [7, 11) is -3.82. The molecule has 0 aliphatic rings. The fourth-order valence-electron chi connectivity index (χ4n) is 2.17. The van der Waals surface area contributed by atoms with E-state index in [1.165, 1.54) is 30.1 Å². The number of hydrogen-bond acceptors (Lipinski definition) is 5. The molecule has 25 heavy (non-hydrogen) atoms. The average Bonchev–Trinajstić information content (AvgIpc) is 2.55. The van der Waals surface area contributed by atoms with Gasteiger partial charge < -0.3 is 0 Å². The van der Waals surface area contributed by atoms with E-state index in [1.807, 2.05) is 18.2 Å². The Morgan fingerprint density at radius 3 is 2.52 bits per heavy atom. The predicted octanol–water partition coefficient (Wildman–Crippen LogP) is 3.88. The Hall–Kier alpha value is -2.45. The van der Waals surface area contributed by atoms with Gasteiger partial charge in [-0.1, -0.05) is 17.8 Å². The van der Waals surface area contributed by atoms with E-state index in [9.17, 15) is 12.8 Å². The number of aromatic nitrogens is 2. The molecular weight excluding hydrogens is 361 g/mol. The van der Waals surface area contributed by atoms with E-state index in [-0.39, 0.29) is 4.90 Å². The maximum absolute atomic E-state index is 13.2. The number of sulfonamides is 1. The minimum atomic E-state index is -3.82. The minimum absolute atomic E-state index is 0.0321. The molecule has 2 heterocycles. The number of anilines is 1. The molecule has 0 aliphatic carbocycles. The lowest BCUT2D eigenvalue weighted by molar-refractivity contribution is 0.598. The molecule has 0 aliphatic heterocycles. The van der Waals surface area contributed by atoms with Crippen molar-refractivity contribution in [2.75, 3.05) is 4.72 Å². The molecule has 1 N–H and O–H groups in total. The van der Waals surface area contributed by atoms with Gasteiger partial charge in [-0.25, -0.2) is 22.8 Å². The molecule has 0 unspecified atom stereocenters. The summed E-state index contributed by atoms with van der Waals surface area (Å²) in [6.45, 7) is 1.55. The SMILES string of the molecule is Cc1cc(F)ccc1S(=O)(=O)Nc1ccnc(Sc2ccccn2)c1. The molecule has 128 valence electrons. The monoisotopic (exact) mass is 375 g/mol. The van der Waals surface area contributed by atoms with Gasteiger partial charge in [0.15, 0.2) is 0 Å². The van der Waals surface area contributed by atoms with Gasteiger partial charge in [-0.05, 0) is 55.0 Å². The van der Waals surface area contributed by atoms with Gasteiger partial charge >= 0.3 is 0 Å². The normalized spacial score (nSPS) is 11.3. The first-order valence-electron chi connectivity index (χ1n) is 7.28. The Balaban J connectivity index is 1.84. The fourth-order valence-corrected chi connectivity index (χ4v) is 4.22. The van der Waals surface area contributed by atoms with Crippen molar-refractivity contribution >= 4 is 27.5 Å². The first-order valence-corrected chi connectivity index (χ1v) is 9.58. The molecule has 2 aromatic heterocycles. The lowest BCUT2D eigenvalue weighted by atomic mass is 10.2. The maximum Gasteiger partial charge on any atom is 0.262 e. The second-order valence-electron chi connectivity index (χ2n) is 5.17. The van der Waals surface area contributed by atoms with Crippen LogP contribution in [0.3, 0.4) is 0 Å². The smallest absolute Gasteiger partial charge is 0.262 e. The van der Waals surface area contributed by atoms with E-state index in [2.05, 4.69) is 14.7 Å². The molecule has 1 aromatic carbocycles. The molecule has 0 amide bonds. The van der Waals surface area contributed by atoms with Gasteiger partial charge in [0.1, 0.15) is 15.9 Å². The first-order chi connectivity index (χ1) is 11.9. The summed E-state index contributed by atoms with van der Waals surface area (Å²) >= 11 is 1.32. The van der Waals surface area contributed by atoms with Crippen LogP contribution in [0.2, 0.25) is 0 Å². The van der Waals surface area contributed by atoms with E-state index in [4.69, 9.17) is 0 Å². The van der Waals surface area contributed by atoms with Crippen molar-refractivity contribution in [3.05, 3.63) is 72.3 Å². The highest BCUT2D eigenvalue weighted by atomic mass is 32.2. The van der Waals surface area contributed by atoms with Crippen molar-refractivity contribution in [3.63, 3.8) is 0 Å². The summed E-state index contributed by atoms with van der Waals surface area (Å²) in [6.07, 6.45) is 3.19. The Morgan fingerprint density at radius 2 is 1.80 bits per heavy atom. The number of aryl methyl sites for hydroxylation is 1. The molecule has 0 bridgehead atoms. The van der Waals surface area contributed by atoms with Gasteiger partial charge in [-0.3, -0.25) is 4.72 Å². The second kappa shape index (κ2) is 7.20. The van der Waals surface area contributed by atoms with Crippen molar-refractivity contribution in [2.45, 2.75) is 21.9 Å². The van der Waals surface area contributed by atoms with E-state index < -0.39 is 15.8 Å². The Labute approximate surface area is 149 Å². The van der Waals surface area contributed by atoms with Gasteiger partial charge in [0.25, 0.3) is 10.0 Å². The third kappa shape index (κ3) is 4.34. The molecule has 0 atom stereocenters. The summed E-state index contributed by atoms with van der Waals surface area (Å²) in [5.74, 6) is -0.477. The third-order valence-corrected chi connectivity index (χ3v) is 5.68. The van der Waals surface area contributed by atoms with Gasteiger partial charge in [0.2, 0.25) is 0 Å². The second-order valence-corrected chi connectivity index (χ2v) is 7.86. The quantitative estimate of drug-likeness (QED) is 0.733. The van der Waals surface area contributed by atoms with Crippen molar-refractivity contribution in [2.24, 2.45) is 0 Å². The summed E-state index contributed by atoms with van der Waals surface area (Å²) in [4.78, 5) is 8.43. The molecule has 0 saturated heterocycles. The van der Waals surface area contributed by atoms with Crippen LogP contribution in [-0.2, 0) is 10.0 Å². The molecule has 8 heteroatoms. The number of benzene rings is 1. The van der Waals surface area contributed by atoms with Crippen molar-refractivity contribution < 1.29 is 12.8 Å². The zero-order valence-electron chi connectivity index (χ0n) is 13.2. The van der Waals surface area contributed by atoms with E-state index in [0.717, 1.165) is 11.1 Å². The van der Waals surface area contributed by atoms with Crippen LogP contribution in [0.5, 0.6) is 0 Å². The highest BCUT2D eigenvalue weighted by Crippen LogP contribution is 2.27. The van der Waals surface area contributed by atoms with Crippen LogP contribution in [0.15, 0.2) is 75.9 Å². The molecule has 0 spiro atoms. The van der Waals surface area contributed by atoms with Crippen LogP contribution in [0, 0.1) is 12.7 Å². The number of nitrogens with one attached hydrogen (secondary N) is 1. The number of hydrogen-bond donors (Lipinski definition) is 1. The summed E-state index contributed by atoms with van der Waals surface area (Å²) in [5.41, 5.74) is 0.710. The number of nitrogens with zero attached hydrogens (tertiary/aromatic N) is 2. The predicted molar refractivity (Wildman–Crippen MR) is 94.5 cm³/mol. The lowest BCUT2D eigenvalue weighted by Gasteiger charge is -2.11. The number of halogens is 1. The van der Waals surface area contributed by atoms with E-state index in [0.29, 0.717) is 16.3 Å². The van der Waals surface area contributed by atoms with E-state index in [1.54, 1.807) is 25.3 Å². The van der Waals surface area contributed by atoms with Gasteiger partial charge in [0.05, 0.1) is 10.6 Å². The Morgan fingerprint density at radius 1 is 1.00 bits per heavy atom. The maximum atomic E-state index is 13.2. The van der Waals surface area contributed by atoms with Crippen LogP contribution in [-0.4, -0.2) is 18.4 Å². The largest absolute Gasteiger partial charge is 0.279 e. The van der Waals surface area contributed by atoms with Gasteiger partial charge in [-0.15, -0.1) is 0 Å². The Kier molecular flexibility index (Phi) is 5.00. The molecule has 0 fully saturated rings. The third-order valence-electron chi connectivity index (χ3n) is 3.26. The summed E-state index contributed by atoms with van der Waals surface area (Å²) < 4.78 is 40.7. The van der Waals surface area contributed by atoms with Crippen molar-refractivity contribution in [1.29, 1.82) is 0 Å². The molecule has 3 rings (SSSR count). The van der Waals surface area contributed by atoms with Crippen molar-refractivity contribution in [3.8, 4) is 0 Å². The Bertz CT molecular complexity index is 996. The molecule has 5 nitrogen and oxygen atoms in total. The van der Waals surface area contributed by atoms with Gasteiger partial charge in [0, 0.05) is 12.4 Å². The average molecular weight is 375 g/mol. The zero-order valence-corrected chi connectivity index (χ0v) is 14.8. The zero-order chi connectivity index (χ0) is 17.9. The minimum Gasteiger partial charge on any atom is -0.279 e. The summed E-state index contributed by atoms with van der Waals surface area (Å²) in [6, 6.07) is 12.2.